The smallest absolute Gasteiger partial charge is 0.336 e. The lowest BCUT2D eigenvalue weighted by Crippen LogP contribution is -3.00. The van der Waals surface area contributed by atoms with Crippen molar-refractivity contribution in [1.82, 2.24) is 4.57 Å². The summed E-state index contributed by atoms with van der Waals surface area (Å²) in [5.41, 5.74) is 1.08. The van der Waals surface area contributed by atoms with Gasteiger partial charge in [-0.25, -0.2) is 18.7 Å². The molecule has 0 bridgehead atoms. The highest BCUT2D eigenvalue weighted by atomic mass is 35.5. The molecule has 6 nitrogen and oxygen atoms in total. The molecule has 0 aliphatic rings. The van der Waals surface area contributed by atoms with E-state index >= 15 is 0 Å². The molecule has 3 rings (SSSR count). The van der Waals surface area contributed by atoms with Crippen molar-refractivity contribution in [2.75, 3.05) is 0 Å². The number of hydrogen-bond donors (Lipinski definition) is 2. The van der Waals surface area contributed by atoms with Gasteiger partial charge in [-0.05, 0) is 49.8 Å². The van der Waals surface area contributed by atoms with Gasteiger partial charge < -0.3 is 22.6 Å². The largest absolute Gasteiger partial charge is 1.00 e. The molecule has 0 atom stereocenters. The van der Waals surface area contributed by atoms with Crippen LogP contribution in [0.15, 0.2) is 73.3 Å². The van der Waals surface area contributed by atoms with Gasteiger partial charge in [0, 0.05) is 0 Å². The molecule has 0 unspecified atom stereocenters. The first-order chi connectivity index (χ1) is 16.5. The van der Waals surface area contributed by atoms with Crippen LogP contribution >= 0.6 is 0 Å². The molecule has 0 aliphatic carbocycles. The van der Waals surface area contributed by atoms with Crippen LogP contribution in [-0.2, 0) is 19.5 Å². The molecule has 0 saturated carbocycles. The average Bonchev–Trinajstić information content (AvgIpc) is 3.30. The molecule has 2 N–H and O–H groups in total. The van der Waals surface area contributed by atoms with Crippen molar-refractivity contribution in [3.05, 3.63) is 90.0 Å². The third kappa shape index (κ3) is 11.7. The Bertz CT molecular complexity index is 972. The van der Waals surface area contributed by atoms with Crippen LogP contribution in [0.25, 0.3) is 0 Å². The second-order valence-corrected chi connectivity index (χ2v) is 8.40. The molecule has 0 radical (unpaired) electrons. The number of halogens is 1. The van der Waals surface area contributed by atoms with Crippen LogP contribution < -0.4 is 17.0 Å². The fourth-order valence-corrected chi connectivity index (χ4v) is 3.73. The van der Waals surface area contributed by atoms with Crippen molar-refractivity contribution < 1.29 is 36.8 Å². The maximum absolute atomic E-state index is 10.5. The van der Waals surface area contributed by atoms with Crippen LogP contribution in [0.5, 0.6) is 0 Å². The molecule has 1 heterocycles. The van der Waals surface area contributed by atoms with Gasteiger partial charge in [-0.1, -0.05) is 68.7 Å². The number of rotatable bonds is 13. The second-order valence-electron chi connectivity index (χ2n) is 8.40. The Morgan fingerprint density at radius 1 is 0.800 bits per heavy atom. The molecular weight excluding hydrogens is 464 g/mol. The zero-order chi connectivity index (χ0) is 24.6. The predicted molar refractivity (Wildman–Crippen MR) is 133 cm³/mol. The third-order valence-corrected chi connectivity index (χ3v) is 5.63. The number of unbranched alkanes of at least 4 members (excludes halogenated alkanes) is 5. The topological polar surface area (TPSA) is 83.4 Å². The lowest BCUT2D eigenvalue weighted by Gasteiger charge is -2.00. The minimum Gasteiger partial charge on any atom is -1.00 e. The molecular formula is C28H37ClN2O4. The quantitative estimate of drug-likeness (QED) is 0.279. The Balaban J connectivity index is 0.000000401. The van der Waals surface area contributed by atoms with E-state index < -0.39 is 11.9 Å². The van der Waals surface area contributed by atoms with E-state index in [4.69, 9.17) is 10.2 Å². The van der Waals surface area contributed by atoms with E-state index in [-0.39, 0.29) is 23.5 Å². The SMILES string of the molecule is CCCCCCC[n+]1ccn(CCCCc2ccccc2)c1.O=C(O)c1ccccc1C(=O)O.[Cl-]. The zero-order valence-corrected chi connectivity index (χ0v) is 21.2. The minimum atomic E-state index is -1.23. The van der Waals surface area contributed by atoms with Crippen LogP contribution in [0.2, 0.25) is 0 Å². The molecule has 190 valence electrons. The van der Waals surface area contributed by atoms with E-state index in [1.54, 1.807) is 0 Å². The van der Waals surface area contributed by atoms with E-state index in [1.165, 1.54) is 87.7 Å². The molecule has 0 fully saturated rings. The Morgan fingerprint density at radius 3 is 2.00 bits per heavy atom. The number of carboxylic acid groups (broad SMARTS) is 2. The highest BCUT2D eigenvalue weighted by Crippen LogP contribution is 2.08. The van der Waals surface area contributed by atoms with Crippen LogP contribution in [0, 0.1) is 0 Å². The normalized spacial score (nSPS) is 10.1. The molecule has 0 aliphatic heterocycles. The second kappa shape index (κ2) is 17.3. The summed E-state index contributed by atoms with van der Waals surface area (Å²) in [6.45, 7) is 4.57. The summed E-state index contributed by atoms with van der Waals surface area (Å²) in [4.78, 5) is 20.9. The molecule has 7 heteroatoms. The van der Waals surface area contributed by atoms with Crippen LogP contribution in [0.3, 0.4) is 0 Å². The summed E-state index contributed by atoms with van der Waals surface area (Å²) in [6.07, 6.45) is 17.2. The van der Waals surface area contributed by atoms with Crippen LogP contribution in [0.4, 0.5) is 0 Å². The summed E-state index contributed by atoms with van der Waals surface area (Å²) in [5, 5.41) is 17.1. The summed E-state index contributed by atoms with van der Waals surface area (Å²) < 4.78 is 4.67. The van der Waals surface area contributed by atoms with Gasteiger partial charge in [0.25, 0.3) is 0 Å². The maximum atomic E-state index is 10.5. The lowest BCUT2D eigenvalue weighted by atomic mass is 10.1. The highest BCUT2D eigenvalue weighted by Gasteiger charge is 2.13. The summed E-state index contributed by atoms with van der Waals surface area (Å²) >= 11 is 0. The van der Waals surface area contributed by atoms with Gasteiger partial charge in [-0.3, -0.25) is 0 Å². The molecule has 0 saturated heterocycles. The van der Waals surface area contributed by atoms with Gasteiger partial charge in [0.15, 0.2) is 0 Å². The van der Waals surface area contributed by atoms with E-state index in [0.29, 0.717) is 0 Å². The van der Waals surface area contributed by atoms with Crippen molar-refractivity contribution in [3.8, 4) is 0 Å². The summed E-state index contributed by atoms with van der Waals surface area (Å²) in [6, 6.07) is 16.3. The van der Waals surface area contributed by atoms with Crippen molar-refractivity contribution in [2.45, 2.75) is 71.4 Å². The van der Waals surface area contributed by atoms with Gasteiger partial charge in [0.1, 0.15) is 12.4 Å². The molecule has 2 aromatic carbocycles. The predicted octanol–water partition coefficient (Wildman–Crippen LogP) is 2.86. The summed E-state index contributed by atoms with van der Waals surface area (Å²) in [7, 11) is 0. The average molecular weight is 501 g/mol. The van der Waals surface area contributed by atoms with Gasteiger partial charge in [-0.15, -0.1) is 0 Å². The van der Waals surface area contributed by atoms with Crippen molar-refractivity contribution >= 4 is 11.9 Å². The Hall–Kier alpha value is -3.12. The third-order valence-electron chi connectivity index (χ3n) is 5.63. The number of hydrogen-bond acceptors (Lipinski definition) is 2. The van der Waals surface area contributed by atoms with E-state index in [9.17, 15) is 9.59 Å². The first kappa shape index (κ1) is 29.9. The monoisotopic (exact) mass is 500 g/mol. The van der Waals surface area contributed by atoms with E-state index in [1.807, 2.05) is 0 Å². The number of aromatic nitrogens is 2. The van der Waals surface area contributed by atoms with Crippen molar-refractivity contribution in [3.63, 3.8) is 0 Å². The standard InChI is InChI=1S/C20H31N2.C8H6O4.ClH/c1-2-3-4-5-10-15-21-17-18-22(19-21)16-11-9-14-20-12-7-6-8-13-20;9-7(10)5-3-1-2-4-6(5)8(11)12;/h6-8,12-13,17-19H,2-5,9-11,14-16H2,1H3;1-4H,(H,9,10)(H,11,12);1H/q+1;;/p-1. The Labute approximate surface area is 214 Å². The van der Waals surface area contributed by atoms with Crippen molar-refractivity contribution in [2.24, 2.45) is 0 Å². The number of carbonyl (C=O) groups is 2. The minimum absolute atomic E-state index is 0. The lowest BCUT2D eigenvalue weighted by molar-refractivity contribution is -0.696. The highest BCUT2D eigenvalue weighted by molar-refractivity contribution is 6.01. The van der Waals surface area contributed by atoms with Gasteiger partial charge in [-0.2, -0.15) is 0 Å². The molecule has 0 spiro atoms. The first-order valence-corrected chi connectivity index (χ1v) is 12.2. The number of nitrogens with zero attached hydrogens (tertiary/aromatic N) is 2. The van der Waals surface area contributed by atoms with Gasteiger partial charge >= 0.3 is 11.9 Å². The number of carboxylic acids is 2. The molecule has 0 amide bonds. The van der Waals surface area contributed by atoms with Crippen LogP contribution in [0.1, 0.15) is 78.1 Å². The maximum Gasteiger partial charge on any atom is 0.336 e. The number of aryl methyl sites for hydroxylation is 3. The fourth-order valence-electron chi connectivity index (χ4n) is 3.73. The van der Waals surface area contributed by atoms with Crippen molar-refractivity contribution in [1.29, 1.82) is 0 Å². The van der Waals surface area contributed by atoms with Crippen LogP contribution in [-0.4, -0.2) is 26.7 Å². The van der Waals surface area contributed by atoms with Gasteiger partial charge in [0.2, 0.25) is 6.33 Å². The zero-order valence-electron chi connectivity index (χ0n) is 20.5. The number of imidazole rings is 1. The Kier molecular flexibility index (Phi) is 14.8. The summed E-state index contributed by atoms with van der Waals surface area (Å²) in [5.74, 6) is -2.46. The Morgan fingerprint density at radius 2 is 1.40 bits per heavy atom. The van der Waals surface area contributed by atoms with Gasteiger partial charge in [0.05, 0.1) is 24.2 Å². The molecule has 35 heavy (non-hydrogen) atoms. The number of benzene rings is 2. The molecule has 1 aromatic heterocycles. The first-order valence-electron chi connectivity index (χ1n) is 12.2. The molecule has 3 aromatic rings. The van der Waals surface area contributed by atoms with E-state index in [2.05, 4.69) is 65.1 Å². The fraction of sp³-hybridized carbons (Fsp3) is 0.393. The van der Waals surface area contributed by atoms with E-state index in [0.717, 1.165) is 6.54 Å². The number of aromatic carboxylic acids is 2.